The van der Waals surface area contributed by atoms with Crippen LogP contribution in [0.3, 0.4) is 0 Å². The maximum atomic E-state index is 13.6. The van der Waals surface area contributed by atoms with E-state index in [9.17, 15) is 32.6 Å². The van der Waals surface area contributed by atoms with Gasteiger partial charge in [0.1, 0.15) is 6.04 Å². The molecule has 2 aromatic carbocycles. The van der Waals surface area contributed by atoms with Crippen LogP contribution in [0.4, 0.5) is 11.4 Å². The molecule has 2 aliphatic rings. The van der Waals surface area contributed by atoms with E-state index < -0.39 is 32.9 Å². The fourth-order valence-electron chi connectivity index (χ4n) is 8.43. The van der Waals surface area contributed by atoms with E-state index >= 15 is 0 Å². The molecule has 0 saturated carbocycles. The number of nitrogens with zero attached hydrogens (tertiary/aromatic N) is 4. The van der Waals surface area contributed by atoms with Crippen molar-refractivity contribution in [2.75, 3.05) is 59.3 Å². The van der Waals surface area contributed by atoms with Gasteiger partial charge in [-0.2, -0.15) is 17.3 Å². The van der Waals surface area contributed by atoms with E-state index in [1.165, 1.54) is 12.1 Å². The molecule has 19 heteroatoms. The van der Waals surface area contributed by atoms with Crippen molar-refractivity contribution in [1.82, 2.24) is 25.9 Å². The van der Waals surface area contributed by atoms with Crippen LogP contribution in [-0.2, 0) is 44.7 Å². The van der Waals surface area contributed by atoms with Crippen LogP contribution in [0.2, 0.25) is 0 Å². The smallest absolute Gasteiger partial charge is 0.294 e. The Morgan fingerprint density at radius 1 is 0.984 bits per heavy atom. The molecular formula is C44H66N8O9S2. The fourth-order valence-corrected chi connectivity index (χ4v) is 9.33. The lowest BCUT2D eigenvalue weighted by Crippen LogP contribution is -2.49. The van der Waals surface area contributed by atoms with Crippen LogP contribution >= 0.6 is 12.0 Å². The van der Waals surface area contributed by atoms with Crippen LogP contribution in [0.15, 0.2) is 70.1 Å². The van der Waals surface area contributed by atoms with Crippen molar-refractivity contribution in [2.24, 2.45) is 5.84 Å². The van der Waals surface area contributed by atoms with Crippen molar-refractivity contribution in [2.45, 2.75) is 112 Å². The third kappa shape index (κ3) is 13.0. The van der Waals surface area contributed by atoms with E-state index in [1.807, 2.05) is 84.2 Å². The number of amides is 3. The van der Waals surface area contributed by atoms with Crippen LogP contribution in [0, 0.1) is 0 Å². The molecule has 0 aromatic heterocycles. The molecule has 3 amide bonds. The summed E-state index contributed by atoms with van der Waals surface area (Å²) in [4.78, 5) is 46.0. The second-order valence-electron chi connectivity index (χ2n) is 17.4. The third-order valence-electron chi connectivity index (χ3n) is 11.8. The lowest BCUT2D eigenvalue weighted by molar-refractivity contribution is -0.777. The zero-order valence-electron chi connectivity index (χ0n) is 38.0. The second-order valence-corrected chi connectivity index (χ2v) is 19.6. The summed E-state index contributed by atoms with van der Waals surface area (Å²) >= 11 is 0.785. The van der Waals surface area contributed by atoms with Crippen LogP contribution in [0.5, 0.6) is 0 Å². The van der Waals surface area contributed by atoms with Gasteiger partial charge in [-0.1, -0.05) is 26.3 Å². The van der Waals surface area contributed by atoms with Gasteiger partial charge in [0.15, 0.2) is 12.3 Å². The normalized spacial score (nSPS) is 17.1. The van der Waals surface area contributed by atoms with Crippen molar-refractivity contribution in [1.29, 1.82) is 0 Å². The van der Waals surface area contributed by atoms with Crippen molar-refractivity contribution >= 4 is 57.0 Å². The SMILES string of the molecule is CCN1C(=CC=CC2=[N+](CCC(=O)NC(CCCCNC(=O)C(CCCCN(C)C)N(C)C)C(=O)NN)c3ccc(SOO[O-])cc3C2(C)C)C(C)(C)c2cc(S(=O)(=O)O)ccc21. The molecule has 4 rings (SSSR count). The molecule has 63 heavy (non-hydrogen) atoms. The number of allylic oxidation sites excluding steroid dienone is 4. The first kappa shape index (κ1) is 51.5. The van der Waals surface area contributed by atoms with Gasteiger partial charge in [0.25, 0.3) is 16.0 Å². The topological polar surface area (TPSA) is 222 Å². The molecule has 2 unspecified atom stereocenters. The maximum Gasteiger partial charge on any atom is 0.294 e. The minimum absolute atomic E-state index is 0.0312. The molecule has 0 bridgehead atoms. The van der Waals surface area contributed by atoms with Crippen molar-refractivity contribution < 1.29 is 46.6 Å². The number of fused-ring (bicyclic) bond motifs is 2. The van der Waals surface area contributed by atoms with Gasteiger partial charge < -0.3 is 25.7 Å². The predicted molar refractivity (Wildman–Crippen MR) is 242 cm³/mol. The van der Waals surface area contributed by atoms with Gasteiger partial charge in [-0.15, -0.1) is 0 Å². The van der Waals surface area contributed by atoms with Gasteiger partial charge >= 0.3 is 0 Å². The number of benzene rings is 2. The van der Waals surface area contributed by atoms with E-state index in [1.54, 1.807) is 12.1 Å². The van der Waals surface area contributed by atoms with Gasteiger partial charge in [-0.25, -0.2) is 5.84 Å². The minimum atomic E-state index is -4.40. The molecule has 0 aliphatic carbocycles. The first-order chi connectivity index (χ1) is 29.7. The summed E-state index contributed by atoms with van der Waals surface area (Å²) in [6.07, 6.45) is 10.1. The molecule has 0 spiro atoms. The summed E-state index contributed by atoms with van der Waals surface area (Å²) in [5, 5.41) is 20.1. The molecule has 2 aromatic rings. The van der Waals surface area contributed by atoms with E-state index in [0.29, 0.717) is 37.2 Å². The summed E-state index contributed by atoms with van der Waals surface area (Å²) in [7, 11) is 3.46. The van der Waals surface area contributed by atoms with E-state index in [4.69, 9.17) is 5.84 Å². The van der Waals surface area contributed by atoms with Gasteiger partial charge in [0, 0.05) is 52.5 Å². The molecular weight excluding hydrogens is 849 g/mol. The van der Waals surface area contributed by atoms with E-state index in [-0.39, 0.29) is 35.7 Å². The van der Waals surface area contributed by atoms with E-state index in [0.717, 1.165) is 71.8 Å². The number of likely N-dealkylation sites (N-methyl/N-ethyl adjacent to an activating group) is 2. The highest BCUT2D eigenvalue weighted by Gasteiger charge is 2.45. The molecule has 2 heterocycles. The summed E-state index contributed by atoms with van der Waals surface area (Å²) in [5.41, 5.74) is 6.15. The number of nitrogens with two attached hydrogens (primary N) is 1. The number of hydrogen-bond donors (Lipinski definition) is 5. The number of rotatable bonds is 24. The molecule has 6 N–H and O–H groups in total. The number of anilines is 1. The Morgan fingerprint density at radius 2 is 1.70 bits per heavy atom. The highest BCUT2D eigenvalue weighted by Crippen LogP contribution is 2.48. The number of hydrazine groups is 1. The average molecular weight is 915 g/mol. The van der Waals surface area contributed by atoms with Gasteiger partial charge in [-0.05, 0) is 130 Å². The van der Waals surface area contributed by atoms with E-state index in [2.05, 4.69) is 53.7 Å². The van der Waals surface area contributed by atoms with Crippen molar-refractivity contribution in [3.05, 3.63) is 71.5 Å². The predicted octanol–water partition coefficient (Wildman–Crippen LogP) is 3.61. The lowest BCUT2D eigenvalue weighted by Gasteiger charge is -2.25. The number of carbonyl (C=O) groups excluding carboxylic acids is 3. The zero-order valence-corrected chi connectivity index (χ0v) is 39.7. The summed E-state index contributed by atoms with van der Waals surface area (Å²) in [6.45, 7) is 12.4. The number of unbranched alkanes of at least 4 members (excludes halogenated alkanes) is 2. The summed E-state index contributed by atoms with van der Waals surface area (Å²) < 4.78 is 40.5. The number of nitrogens with one attached hydrogen (secondary N) is 3. The van der Waals surface area contributed by atoms with Crippen molar-refractivity contribution in [3.63, 3.8) is 0 Å². The molecule has 0 fully saturated rings. The minimum Gasteiger partial charge on any atom is -0.691 e. The Hall–Kier alpha value is -4.18. The number of carbonyl (C=O) groups is 3. The Balaban J connectivity index is 1.50. The fraction of sp³-hybridized carbons (Fsp3) is 0.545. The molecule has 0 saturated heterocycles. The maximum absolute atomic E-state index is 13.6. The lowest BCUT2D eigenvalue weighted by atomic mass is 9.81. The zero-order chi connectivity index (χ0) is 46.7. The number of hydrogen-bond acceptors (Lipinski definition) is 13. The molecule has 2 aliphatic heterocycles. The highest BCUT2D eigenvalue weighted by atomic mass is 32.2. The summed E-state index contributed by atoms with van der Waals surface area (Å²) in [6, 6.07) is 9.11. The Morgan fingerprint density at radius 3 is 2.33 bits per heavy atom. The second kappa shape index (κ2) is 22.6. The molecule has 2 atom stereocenters. The highest BCUT2D eigenvalue weighted by molar-refractivity contribution is 7.94. The van der Waals surface area contributed by atoms with Crippen LogP contribution < -0.4 is 32.1 Å². The van der Waals surface area contributed by atoms with Crippen LogP contribution in [0.1, 0.15) is 90.7 Å². The molecule has 348 valence electrons. The third-order valence-corrected chi connectivity index (χ3v) is 13.3. The standard InChI is InChI=1S/C44H66N8O9S2/c1-10-51-35-23-21-31(63(57,58)59)29-33(35)44(4,5)38(51)18-15-19-39-43(2,3)32-28-30(62-61-60-56)20-22-36(32)52(39)27-24-40(53)47-34(41(54)48-45)16-11-13-25-46-42(55)37(50(8)9)17-12-14-26-49(6)7/h15,18-23,28-29,34,37H,10-14,16-17,24-27,45H2,1-9H3,(H4-,46,47,48,53,54,55,56,57,58,59). The molecule has 17 nitrogen and oxygen atoms in total. The monoisotopic (exact) mass is 914 g/mol. The van der Waals surface area contributed by atoms with Crippen LogP contribution in [-0.4, -0.2) is 117 Å². The largest absolute Gasteiger partial charge is 0.691 e. The van der Waals surface area contributed by atoms with Crippen molar-refractivity contribution in [3.8, 4) is 0 Å². The Kier molecular flexibility index (Phi) is 18.5. The molecule has 0 radical (unpaired) electrons. The van der Waals surface area contributed by atoms with Gasteiger partial charge in [0.2, 0.25) is 17.5 Å². The average Bonchev–Trinajstić information content (AvgIpc) is 3.57. The Labute approximate surface area is 376 Å². The van der Waals surface area contributed by atoms with Gasteiger partial charge in [-0.3, -0.25) is 34.3 Å². The first-order valence-corrected chi connectivity index (χ1v) is 23.5. The Bertz CT molecular complexity index is 2160. The van der Waals surface area contributed by atoms with Gasteiger partial charge in [0.05, 0.1) is 34.8 Å². The van der Waals surface area contributed by atoms with Crippen LogP contribution in [0.25, 0.3) is 0 Å². The first-order valence-electron chi connectivity index (χ1n) is 21.3. The quantitative estimate of drug-likeness (QED) is 0.0149. The summed E-state index contributed by atoms with van der Waals surface area (Å²) in [5.74, 6) is 4.63.